The van der Waals surface area contributed by atoms with Crippen molar-refractivity contribution in [2.75, 3.05) is 5.32 Å². The highest BCUT2D eigenvalue weighted by atomic mass is 32.1. The molecule has 1 aromatic heterocycles. The molecule has 0 spiro atoms. The minimum atomic E-state index is 0.667. The molecule has 1 fully saturated rings. The predicted octanol–water partition coefficient (Wildman–Crippen LogP) is 3.90. The number of hydrogen-bond acceptors (Lipinski definition) is 3. The van der Waals surface area contributed by atoms with Gasteiger partial charge in [0.05, 0.1) is 15.7 Å². The molecule has 0 saturated heterocycles. The van der Waals surface area contributed by atoms with Crippen molar-refractivity contribution in [3.63, 3.8) is 0 Å². The molecule has 0 bridgehead atoms. The molecule has 1 aromatic carbocycles. The van der Waals surface area contributed by atoms with E-state index in [4.69, 9.17) is 0 Å². The van der Waals surface area contributed by atoms with Crippen LogP contribution in [0, 0.1) is 5.92 Å². The predicted molar refractivity (Wildman–Crippen MR) is 70.0 cm³/mol. The van der Waals surface area contributed by atoms with Crippen molar-refractivity contribution in [3.8, 4) is 0 Å². The van der Waals surface area contributed by atoms with Gasteiger partial charge in [-0.1, -0.05) is 6.92 Å². The highest BCUT2D eigenvalue weighted by Gasteiger charge is 2.20. The number of fused-ring (bicyclic) bond motifs is 1. The molecule has 2 unspecified atom stereocenters. The van der Waals surface area contributed by atoms with Crippen molar-refractivity contribution < 1.29 is 0 Å². The van der Waals surface area contributed by atoms with E-state index in [1.165, 1.54) is 29.6 Å². The zero-order valence-corrected chi connectivity index (χ0v) is 10.3. The average molecular weight is 232 g/mol. The van der Waals surface area contributed by atoms with Crippen molar-refractivity contribution in [1.82, 2.24) is 4.98 Å². The second-order valence-corrected chi connectivity index (χ2v) is 5.68. The first-order chi connectivity index (χ1) is 7.81. The van der Waals surface area contributed by atoms with Crippen LogP contribution in [-0.4, -0.2) is 11.0 Å². The summed E-state index contributed by atoms with van der Waals surface area (Å²) in [7, 11) is 0. The average Bonchev–Trinajstić information content (AvgIpc) is 2.87. The Morgan fingerprint density at radius 2 is 2.31 bits per heavy atom. The van der Waals surface area contributed by atoms with E-state index in [-0.39, 0.29) is 0 Å². The number of rotatable bonds is 2. The highest BCUT2D eigenvalue weighted by Crippen LogP contribution is 2.29. The van der Waals surface area contributed by atoms with Gasteiger partial charge in [0.25, 0.3) is 0 Å². The third-order valence-electron chi connectivity index (χ3n) is 3.40. The number of thiazole rings is 1. The molecule has 0 amide bonds. The molecule has 2 nitrogen and oxygen atoms in total. The van der Waals surface area contributed by atoms with E-state index in [1.807, 2.05) is 5.51 Å². The van der Waals surface area contributed by atoms with E-state index >= 15 is 0 Å². The van der Waals surface area contributed by atoms with Crippen molar-refractivity contribution in [3.05, 3.63) is 23.7 Å². The largest absolute Gasteiger partial charge is 0.382 e. The fourth-order valence-corrected chi connectivity index (χ4v) is 3.24. The molecule has 3 heteroatoms. The number of nitrogens with zero attached hydrogens (tertiary/aromatic N) is 1. The highest BCUT2D eigenvalue weighted by molar-refractivity contribution is 7.16. The molecule has 84 valence electrons. The Balaban J connectivity index is 1.78. The standard InChI is InChI=1S/C13H16N2S/c1-9-2-3-10(6-9)15-11-4-5-12-13(7-11)16-8-14-12/h4-5,7-10,15H,2-3,6H2,1H3. The Kier molecular flexibility index (Phi) is 2.56. The normalized spacial score (nSPS) is 25.1. The maximum atomic E-state index is 4.29. The molecule has 3 rings (SSSR count). The zero-order valence-electron chi connectivity index (χ0n) is 9.44. The van der Waals surface area contributed by atoms with Crippen molar-refractivity contribution in [1.29, 1.82) is 0 Å². The number of hydrogen-bond donors (Lipinski definition) is 1. The SMILES string of the molecule is CC1CCC(Nc2ccc3ncsc3c2)C1. The second kappa shape index (κ2) is 4.06. The fraction of sp³-hybridized carbons (Fsp3) is 0.462. The van der Waals surface area contributed by atoms with Gasteiger partial charge in [-0.2, -0.15) is 0 Å². The Bertz CT molecular complexity index is 491. The van der Waals surface area contributed by atoms with Crippen LogP contribution in [-0.2, 0) is 0 Å². The van der Waals surface area contributed by atoms with Gasteiger partial charge in [-0.25, -0.2) is 4.98 Å². The Morgan fingerprint density at radius 1 is 1.38 bits per heavy atom. The van der Waals surface area contributed by atoms with Gasteiger partial charge >= 0.3 is 0 Å². The Labute approximate surface area is 99.7 Å². The molecule has 1 aliphatic carbocycles. The van der Waals surface area contributed by atoms with Crippen LogP contribution in [0.25, 0.3) is 10.2 Å². The minimum absolute atomic E-state index is 0.667. The van der Waals surface area contributed by atoms with Crippen LogP contribution in [0.4, 0.5) is 5.69 Å². The fourth-order valence-electron chi connectivity index (χ4n) is 2.52. The summed E-state index contributed by atoms with van der Waals surface area (Å²) in [5.41, 5.74) is 4.26. The van der Waals surface area contributed by atoms with E-state index < -0.39 is 0 Å². The lowest BCUT2D eigenvalue weighted by atomic mass is 10.1. The number of nitrogens with one attached hydrogen (secondary N) is 1. The van der Waals surface area contributed by atoms with Crippen LogP contribution in [0.15, 0.2) is 23.7 Å². The molecule has 0 aliphatic heterocycles. The van der Waals surface area contributed by atoms with Crippen molar-refractivity contribution in [2.45, 2.75) is 32.2 Å². The summed E-state index contributed by atoms with van der Waals surface area (Å²) in [6, 6.07) is 7.13. The lowest BCUT2D eigenvalue weighted by molar-refractivity contribution is 0.602. The number of benzene rings is 1. The van der Waals surface area contributed by atoms with Crippen molar-refractivity contribution >= 4 is 27.2 Å². The molecule has 2 atom stereocenters. The van der Waals surface area contributed by atoms with E-state index in [9.17, 15) is 0 Å². The smallest absolute Gasteiger partial charge is 0.0813 e. The first-order valence-corrected chi connectivity index (χ1v) is 6.79. The number of anilines is 1. The summed E-state index contributed by atoms with van der Waals surface area (Å²) in [5.74, 6) is 0.879. The van der Waals surface area contributed by atoms with E-state index in [0.29, 0.717) is 6.04 Å². The minimum Gasteiger partial charge on any atom is -0.382 e. The summed E-state index contributed by atoms with van der Waals surface area (Å²) >= 11 is 1.71. The third kappa shape index (κ3) is 1.92. The molecular formula is C13H16N2S. The van der Waals surface area contributed by atoms with Gasteiger partial charge in [-0.15, -0.1) is 11.3 Å². The lowest BCUT2D eigenvalue weighted by Crippen LogP contribution is -2.14. The van der Waals surface area contributed by atoms with Crippen LogP contribution in [0.5, 0.6) is 0 Å². The van der Waals surface area contributed by atoms with Gasteiger partial charge in [-0.05, 0) is 43.4 Å². The van der Waals surface area contributed by atoms with Gasteiger partial charge in [0.2, 0.25) is 0 Å². The molecule has 1 heterocycles. The Morgan fingerprint density at radius 3 is 3.12 bits per heavy atom. The Hall–Kier alpha value is -1.09. The van der Waals surface area contributed by atoms with E-state index in [1.54, 1.807) is 11.3 Å². The van der Waals surface area contributed by atoms with E-state index in [0.717, 1.165) is 11.4 Å². The molecule has 1 saturated carbocycles. The summed E-state index contributed by atoms with van der Waals surface area (Å²) in [4.78, 5) is 4.29. The van der Waals surface area contributed by atoms with Crippen LogP contribution in [0.1, 0.15) is 26.2 Å². The first-order valence-electron chi connectivity index (χ1n) is 5.91. The maximum Gasteiger partial charge on any atom is 0.0813 e. The maximum absolute atomic E-state index is 4.29. The topological polar surface area (TPSA) is 24.9 Å². The first kappa shape index (κ1) is 10.1. The molecule has 1 N–H and O–H groups in total. The third-order valence-corrected chi connectivity index (χ3v) is 4.19. The molecule has 2 aromatic rings. The van der Waals surface area contributed by atoms with Crippen LogP contribution >= 0.6 is 11.3 Å². The lowest BCUT2D eigenvalue weighted by Gasteiger charge is -2.13. The van der Waals surface area contributed by atoms with Crippen LogP contribution < -0.4 is 5.32 Å². The van der Waals surface area contributed by atoms with E-state index in [2.05, 4.69) is 35.4 Å². The van der Waals surface area contributed by atoms with Crippen LogP contribution in [0.2, 0.25) is 0 Å². The molecule has 0 radical (unpaired) electrons. The second-order valence-electron chi connectivity index (χ2n) is 4.79. The molecule has 16 heavy (non-hydrogen) atoms. The summed E-state index contributed by atoms with van der Waals surface area (Å²) in [5, 5.41) is 3.63. The van der Waals surface area contributed by atoms with Crippen LogP contribution in [0.3, 0.4) is 0 Å². The summed E-state index contributed by atoms with van der Waals surface area (Å²) < 4.78 is 1.27. The van der Waals surface area contributed by atoms with Gasteiger partial charge in [-0.3, -0.25) is 0 Å². The molecular weight excluding hydrogens is 216 g/mol. The van der Waals surface area contributed by atoms with Gasteiger partial charge in [0.15, 0.2) is 0 Å². The zero-order chi connectivity index (χ0) is 11.0. The molecule has 1 aliphatic rings. The van der Waals surface area contributed by atoms with Crippen molar-refractivity contribution in [2.24, 2.45) is 5.92 Å². The summed E-state index contributed by atoms with van der Waals surface area (Å²) in [6.07, 6.45) is 3.98. The number of aromatic nitrogens is 1. The monoisotopic (exact) mass is 232 g/mol. The van der Waals surface area contributed by atoms with Gasteiger partial charge < -0.3 is 5.32 Å². The summed E-state index contributed by atoms with van der Waals surface area (Å²) in [6.45, 7) is 2.34. The van der Waals surface area contributed by atoms with Gasteiger partial charge in [0.1, 0.15) is 0 Å². The van der Waals surface area contributed by atoms with Gasteiger partial charge in [0, 0.05) is 11.7 Å². The quantitative estimate of drug-likeness (QED) is 0.849.